The smallest absolute Gasteiger partial charge is 0.384 e. The molecule has 16 heavy (non-hydrogen) atoms. The fourth-order valence-electron chi connectivity index (χ4n) is 1.01. The molecule has 0 aliphatic rings. The summed E-state index contributed by atoms with van der Waals surface area (Å²) in [5.74, 6) is 5.05. The van der Waals surface area contributed by atoms with Crippen LogP contribution in [0.1, 0.15) is 12.5 Å². The lowest BCUT2D eigenvalue weighted by Gasteiger charge is -2.01. The second kappa shape index (κ2) is 6.04. The molecule has 0 atom stereocenters. The number of ether oxygens (including phenoxy) is 2. The van der Waals surface area contributed by atoms with Gasteiger partial charge in [-0.1, -0.05) is 17.5 Å². The lowest BCUT2D eigenvalue weighted by atomic mass is 10.2. The Morgan fingerprint density at radius 2 is 2.25 bits per heavy atom. The van der Waals surface area contributed by atoms with E-state index in [0.29, 0.717) is 22.9 Å². The molecular formula is C12H11ClO3. The maximum atomic E-state index is 11.0. The van der Waals surface area contributed by atoms with E-state index in [1.165, 1.54) is 0 Å². The zero-order valence-electron chi connectivity index (χ0n) is 9.04. The molecule has 0 bridgehead atoms. The number of methoxy groups -OCH3 is 1. The van der Waals surface area contributed by atoms with Gasteiger partial charge in [-0.25, -0.2) is 4.79 Å². The van der Waals surface area contributed by atoms with Gasteiger partial charge in [-0.2, -0.15) is 0 Å². The topological polar surface area (TPSA) is 35.5 Å². The van der Waals surface area contributed by atoms with Crippen molar-refractivity contribution in [2.45, 2.75) is 6.92 Å². The fraction of sp³-hybridized carbons (Fsp3) is 0.250. The number of rotatable bonds is 2. The first kappa shape index (κ1) is 12.4. The highest BCUT2D eigenvalue weighted by atomic mass is 35.5. The SMILES string of the molecule is CCOC(=O)C#Cc1cc(OC)ccc1Cl. The van der Waals surface area contributed by atoms with Crippen molar-refractivity contribution in [1.82, 2.24) is 0 Å². The summed E-state index contributed by atoms with van der Waals surface area (Å²) < 4.78 is 9.69. The highest BCUT2D eigenvalue weighted by Crippen LogP contribution is 2.20. The van der Waals surface area contributed by atoms with Crippen LogP contribution in [0.2, 0.25) is 5.02 Å². The van der Waals surface area contributed by atoms with Crippen LogP contribution in [0.3, 0.4) is 0 Å². The van der Waals surface area contributed by atoms with Gasteiger partial charge in [0, 0.05) is 11.5 Å². The molecule has 0 spiro atoms. The highest BCUT2D eigenvalue weighted by molar-refractivity contribution is 6.31. The van der Waals surface area contributed by atoms with Gasteiger partial charge in [-0.3, -0.25) is 0 Å². The number of benzene rings is 1. The van der Waals surface area contributed by atoms with Gasteiger partial charge in [0.15, 0.2) is 0 Å². The molecule has 1 rings (SSSR count). The predicted octanol–water partition coefficient (Wildman–Crippen LogP) is 2.26. The summed E-state index contributed by atoms with van der Waals surface area (Å²) in [5, 5.41) is 0.470. The second-order valence-corrected chi connectivity index (χ2v) is 3.22. The molecule has 0 aliphatic heterocycles. The summed E-state index contributed by atoms with van der Waals surface area (Å²) in [7, 11) is 1.55. The molecule has 0 radical (unpaired) electrons. The van der Waals surface area contributed by atoms with E-state index in [9.17, 15) is 4.79 Å². The average Bonchev–Trinajstić information content (AvgIpc) is 2.28. The van der Waals surface area contributed by atoms with Crippen LogP contribution in [0.15, 0.2) is 18.2 Å². The summed E-state index contributed by atoms with van der Waals surface area (Å²) in [6.45, 7) is 2.03. The van der Waals surface area contributed by atoms with Gasteiger partial charge in [-0.15, -0.1) is 0 Å². The molecule has 0 saturated carbocycles. The van der Waals surface area contributed by atoms with E-state index in [1.54, 1.807) is 32.2 Å². The molecule has 4 heteroatoms. The first-order valence-corrected chi connectivity index (χ1v) is 5.07. The van der Waals surface area contributed by atoms with E-state index >= 15 is 0 Å². The van der Waals surface area contributed by atoms with Gasteiger partial charge in [-0.05, 0) is 25.1 Å². The van der Waals surface area contributed by atoms with Crippen molar-refractivity contribution in [3.05, 3.63) is 28.8 Å². The van der Waals surface area contributed by atoms with Gasteiger partial charge in [0.05, 0.1) is 18.7 Å². The monoisotopic (exact) mass is 238 g/mol. The van der Waals surface area contributed by atoms with E-state index in [2.05, 4.69) is 16.6 Å². The maximum Gasteiger partial charge on any atom is 0.384 e. The highest BCUT2D eigenvalue weighted by Gasteiger charge is 2.00. The van der Waals surface area contributed by atoms with Crippen molar-refractivity contribution in [1.29, 1.82) is 0 Å². The van der Waals surface area contributed by atoms with Gasteiger partial charge in [0.2, 0.25) is 0 Å². The second-order valence-electron chi connectivity index (χ2n) is 2.82. The summed E-state index contributed by atoms with van der Waals surface area (Å²) in [6.07, 6.45) is 0. The maximum absolute atomic E-state index is 11.0. The quantitative estimate of drug-likeness (QED) is 0.586. The number of hydrogen-bond donors (Lipinski definition) is 0. The van der Waals surface area contributed by atoms with Gasteiger partial charge >= 0.3 is 5.97 Å². The lowest BCUT2D eigenvalue weighted by molar-refractivity contribution is -0.136. The number of esters is 1. The summed E-state index contributed by atoms with van der Waals surface area (Å²) in [4.78, 5) is 11.0. The zero-order chi connectivity index (χ0) is 12.0. The van der Waals surface area contributed by atoms with Gasteiger partial charge < -0.3 is 9.47 Å². The van der Waals surface area contributed by atoms with Crippen molar-refractivity contribution in [3.8, 4) is 17.6 Å². The molecular weight excluding hydrogens is 228 g/mol. The van der Waals surface area contributed by atoms with Crippen LogP contribution in [0.4, 0.5) is 0 Å². The Morgan fingerprint density at radius 3 is 2.88 bits per heavy atom. The summed E-state index contributed by atoms with van der Waals surface area (Å²) in [6, 6.07) is 5.04. The standard InChI is InChI=1S/C12H11ClO3/c1-3-16-12(14)7-4-9-8-10(15-2)5-6-11(9)13/h5-6,8H,3H2,1-2H3. The first-order chi connectivity index (χ1) is 7.67. The molecule has 0 heterocycles. The number of hydrogen-bond acceptors (Lipinski definition) is 3. The van der Waals surface area contributed by atoms with Crippen molar-refractivity contribution in [2.24, 2.45) is 0 Å². The summed E-state index contributed by atoms with van der Waals surface area (Å²) >= 11 is 5.90. The van der Waals surface area contributed by atoms with E-state index in [4.69, 9.17) is 16.3 Å². The fourth-order valence-corrected chi connectivity index (χ4v) is 1.18. The lowest BCUT2D eigenvalue weighted by Crippen LogP contribution is -1.99. The minimum atomic E-state index is -0.568. The minimum absolute atomic E-state index is 0.305. The predicted molar refractivity (Wildman–Crippen MR) is 61.5 cm³/mol. The molecule has 0 unspecified atom stereocenters. The number of carbonyl (C=O) groups is 1. The minimum Gasteiger partial charge on any atom is -0.497 e. The third-order valence-corrected chi connectivity index (χ3v) is 2.08. The third kappa shape index (κ3) is 3.48. The molecule has 1 aromatic carbocycles. The van der Waals surface area contributed by atoms with Crippen LogP contribution in [0, 0.1) is 11.8 Å². The molecule has 0 N–H and O–H groups in total. The van der Waals surface area contributed by atoms with Crippen molar-refractivity contribution >= 4 is 17.6 Å². The average molecular weight is 239 g/mol. The Bertz CT molecular complexity index is 443. The first-order valence-electron chi connectivity index (χ1n) is 4.69. The molecule has 0 saturated heterocycles. The van der Waals surface area contributed by atoms with Crippen LogP contribution in [0.5, 0.6) is 5.75 Å². The molecule has 0 amide bonds. The van der Waals surface area contributed by atoms with Crippen LogP contribution >= 0.6 is 11.6 Å². The molecule has 1 aromatic rings. The van der Waals surface area contributed by atoms with E-state index in [-0.39, 0.29) is 0 Å². The third-order valence-electron chi connectivity index (χ3n) is 1.75. The largest absolute Gasteiger partial charge is 0.497 e. The van der Waals surface area contributed by atoms with Crippen molar-refractivity contribution < 1.29 is 14.3 Å². The van der Waals surface area contributed by atoms with Crippen LogP contribution in [-0.2, 0) is 9.53 Å². The van der Waals surface area contributed by atoms with Crippen molar-refractivity contribution in [2.75, 3.05) is 13.7 Å². The number of halogens is 1. The van der Waals surface area contributed by atoms with E-state index < -0.39 is 5.97 Å². The van der Waals surface area contributed by atoms with Crippen LogP contribution in [-0.4, -0.2) is 19.7 Å². The van der Waals surface area contributed by atoms with Crippen LogP contribution < -0.4 is 4.74 Å². The Balaban J connectivity index is 2.91. The molecule has 3 nitrogen and oxygen atoms in total. The van der Waals surface area contributed by atoms with Crippen molar-refractivity contribution in [3.63, 3.8) is 0 Å². The van der Waals surface area contributed by atoms with E-state index in [1.807, 2.05) is 0 Å². The molecule has 0 aliphatic carbocycles. The van der Waals surface area contributed by atoms with E-state index in [0.717, 1.165) is 0 Å². The van der Waals surface area contributed by atoms with Gasteiger partial charge in [0.25, 0.3) is 0 Å². The van der Waals surface area contributed by atoms with Gasteiger partial charge in [0.1, 0.15) is 5.75 Å². The normalized spacial score (nSPS) is 8.94. The Kier molecular flexibility index (Phi) is 4.68. The molecule has 84 valence electrons. The Hall–Kier alpha value is -1.66. The Labute approximate surface area is 99.3 Å². The summed E-state index contributed by atoms with van der Waals surface area (Å²) in [5.41, 5.74) is 0.536. The van der Waals surface area contributed by atoms with Crippen LogP contribution in [0.25, 0.3) is 0 Å². The Morgan fingerprint density at radius 1 is 1.50 bits per heavy atom. The molecule has 0 aromatic heterocycles. The zero-order valence-corrected chi connectivity index (χ0v) is 9.80. The molecule has 0 fully saturated rings. The number of carbonyl (C=O) groups excluding carboxylic acids is 1.